The summed E-state index contributed by atoms with van der Waals surface area (Å²) in [6.07, 6.45) is 4.95. The molecule has 0 aromatic heterocycles. The number of hydrogen-bond acceptors (Lipinski definition) is 8. The number of Topliss-reactive ketones (excluding diaryl/α,β-unsaturated/α-hetero) is 2. The van der Waals surface area contributed by atoms with Gasteiger partial charge >= 0.3 is 0 Å². The maximum absolute atomic E-state index is 13.6. The Morgan fingerprint density at radius 2 is 1.83 bits per heavy atom. The van der Waals surface area contributed by atoms with Crippen LogP contribution in [0, 0.1) is 11.8 Å². The number of phenols is 1. The van der Waals surface area contributed by atoms with Gasteiger partial charge in [-0.3, -0.25) is 14.4 Å². The zero-order valence-electron chi connectivity index (χ0n) is 19.8. The van der Waals surface area contributed by atoms with Crippen molar-refractivity contribution in [1.82, 2.24) is 0 Å². The Morgan fingerprint density at radius 1 is 1.11 bits per heavy atom. The van der Waals surface area contributed by atoms with Gasteiger partial charge in [-0.05, 0) is 42.7 Å². The van der Waals surface area contributed by atoms with Crippen LogP contribution in [0.1, 0.15) is 67.7 Å². The number of hydrogen-bond donors (Lipinski definition) is 6. The molecule has 0 spiro atoms. The fraction of sp³-hybridized carbons (Fsp3) is 0.500. The average molecular weight is 485 g/mol. The fourth-order valence-corrected chi connectivity index (χ4v) is 5.95. The Balaban J connectivity index is 1.86. The summed E-state index contributed by atoms with van der Waals surface area (Å²) in [6.45, 7) is 2.15. The van der Waals surface area contributed by atoms with Gasteiger partial charge in [0.25, 0.3) is 5.91 Å². The number of benzene rings is 1. The van der Waals surface area contributed by atoms with Gasteiger partial charge in [-0.2, -0.15) is 0 Å². The summed E-state index contributed by atoms with van der Waals surface area (Å²) < 4.78 is 0. The number of unbranched alkanes of at least 4 members (excludes halogenated alkanes) is 3. The van der Waals surface area contributed by atoms with Gasteiger partial charge in [0.15, 0.2) is 11.4 Å². The van der Waals surface area contributed by atoms with Crippen molar-refractivity contribution >= 4 is 23.2 Å². The molecular weight excluding hydrogens is 452 g/mol. The van der Waals surface area contributed by atoms with E-state index in [0.717, 1.165) is 43.2 Å². The van der Waals surface area contributed by atoms with Gasteiger partial charge in [-0.25, -0.2) is 0 Å². The lowest BCUT2D eigenvalue weighted by Gasteiger charge is -2.46. The number of carbonyl (C=O) groups is 3. The van der Waals surface area contributed by atoms with E-state index in [9.17, 15) is 34.8 Å². The van der Waals surface area contributed by atoms with Crippen LogP contribution in [0.25, 0.3) is 5.76 Å². The van der Waals surface area contributed by atoms with Crippen LogP contribution >= 0.6 is 0 Å². The molecule has 1 aromatic rings. The lowest BCUT2D eigenvalue weighted by atomic mass is 9.59. The van der Waals surface area contributed by atoms with Gasteiger partial charge in [-0.1, -0.05) is 32.3 Å². The van der Waals surface area contributed by atoms with Crippen molar-refractivity contribution in [1.29, 1.82) is 0 Å². The zero-order chi connectivity index (χ0) is 25.7. The summed E-state index contributed by atoms with van der Waals surface area (Å²) in [4.78, 5) is 37.8. The maximum atomic E-state index is 13.6. The van der Waals surface area contributed by atoms with E-state index in [4.69, 9.17) is 11.5 Å². The normalized spacial score (nSPS) is 25.9. The van der Waals surface area contributed by atoms with E-state index < -0.39 is 52.0 Å². The number of rotatable bonds is 7. The van der Waals surface area contributed by atoms with Crippen LogP contribution in [-0.2, 0) is 33.8 Å². The second kappa shape index (κ2) is 9.13. The van der Waals surface area contributed by atoms with E-state index in [-0.39, 0.29) is 36.3 Å². The van der Waals surface area contributed by atoms with E-state index in [1.807, 2.05) is 6.07 Å². The van der Waals surface area contributed by atoms with Crippen molar-refractivity contribution < 1.29 is 34.8 Å². The third kappa shape index (κ3) is 3.73. The van der Waals surface area contributed by atoms with Crippen molar-refractivity contribution in [3.63, 3.8) is 0 Å². The van der Waals surface area contributed by atoms with Gasteiger partial charge in [0.2, 0.25) is 5.78 Å². The highest BCUT2D eigenvalue weighted by Gasteiger charge is 2.60. The number of aliphatic hydroxyl groups excluding tert-OH is 2. The van der Waals surface area contributed by atoms with Gasteiger partial charge < -0.3 is 31.9 Å². The lowest BCUT2D eigenvalue weighted by Crippen LogP contribution is -2.58. The minimum absolute atomic E-state index is 0.0285. The van der Waals surface area contributed by atoms with E-state index in [1.54, 1.807) is 0 Å². The number of aliphatic hydroxyl groups is 3. The van der Waals surface area contributed by atoms with Crippen molar-refractivity contribution in [2.75, 3.05) is 0 Å². The lowest BCUT2D eigenvalue weighted by molar-refractivity contribution is -0.147. The van der Waals surface area contributed by atoms with E-state index in [0.29, 0.717) is 12.0 Å². The highest BCUT2D eigenvalue weighted by molar-refractivity contribution is 6.22. The van der Waals surface area contributed by atoms with Gasteiger partial charge in [0.05, 0.1) is 5.56 Å². The summed E-state index contributed by atoms with van der Waals surface area (Å²) in [7, 11) is 0. The highest BCUT2D eigenvalue weighted by atomic mass is 16.3. The number of primary amides is 1. The Kier molecular flexibility index (Phi) is 6.50. The first-order chi connectivity index (χ1) is 16.6. The Morgan fingerprint density at radius 3 is 2.46 bits per heavy atom. The molecule has 0 bridgehead atoms. The number of amides is 1. The summed E-state index contributed by atoms with van der Waals surface area (Å²) in [5, 5.41) is 44.1. The molecule has 8 N–H and O–H groups in total. The fourth-order valence-electron chi connectivity index (χ4n) is 5.95. The minimum atomic E-state index is -2.56. The SMILES string of the molecule is CCCCCCc1cc(CN)c(O)c2c1C[C@H]1C[C@H]3CC(=O)C(C(N)=O)=C(O)[C@@]3(O)C(=O)C1=C2O. The van der Waals surface area contributed by atoms with Crippen LogP contribution in [-0.4, -0.2) is 43.5 Å². The zero-order valence-corrected chi connectivity index (χ0v) is 19.8. The molecule has 1 aromatic carbocycles. The first-order valence-corrected chi connectivity index (χ1v) is 12.1. The van der Waals surface area contributed by atoms with Crippen LogP contribution in [0.2, 0.25) is 0 Å². The van der Waals surface area contributed by atoms with Crippen molar-refractivity contribution in [2.45, 2.75) is 70.4 Å². The molecule has 0 aliphatic heterocycles. The molecular formula is C26H32N2O7. The van der Waals surface area contributed by atoms with Gasteiger partial charge in [-0.15, -0.1) is 0 Å². The van der Waals surface area contributed by atoms with E-state index in [1.165, 1.54) is 0 Å². The molecule has 3 aliphatic rings. The standard InChI is InChI=1S/C26H32N2O7/c1-2-3-4-5-6-12-7-14(11-27)21(30)19-16(12)9-13-8-15-10-17(29)20(25(28)34)24(33)26(15,35)23(32)18(13)22(19)31/h7,13,15,30-31,33,35H,2-6,8-11,27H2,1H3,(H2,28,34)/t13-,15+,26+/m1/s1. The Bertz CT molecular complexity index is 1180. The Hall–Kier alpha value is -3.17. The molecule has 188 valence electrons. The first-order valence-electron chi connectivity index (χ1n) is 12.1. The van der Waals surface area contributed by atoms with Crippen LogP contribution in [0.5, 0.6) is 5.75 Å². The smallest absolute Gasteiger partial charge is 0.255 e. The van der Waals surface area contributed by atoms with Crippen molar-refractivity contribution in [3.8, 4) is 5.75 Å². The minimum Gasteiger partial charge on any atom is -0.508 e. The molecule has 9 nitrogen and oxygen atoms in total. The monoisotopic (exact) mass is 484 g/mol. The molecule has 9 heteroatoms. The first kappa shape index (κ1) is 24.9. The summed E-state index contributed by atoms with van der Waals surface area (Å²) in [6, 6.07) is 1.84. The summed E-state index contributed by atoms with van der Waals surface area (Å²) in [5.74, 6) is -6.23. The number of aromatic hydroxyl groups is 1. The van der Waals surface area contributed by atoms with Gasteiger partial charge in [0.1, 0.15) is 22.8 Å². The molecule has 1 amide bonds. The molecule has 0 heterocycles. The molecule has 4 rings (SSSR count). The van der Waals surface area contributed by atoms with E-state index in [2.05, 4.69) is 6.92 Å². The number of ketones is 2. The third-order valence-electron chi connectivity index (χ3n) is 7.75. The summed E-state index contributed by atoms with van der Waals surface area (Å²) >= 11 is 0. The predicted octanol–water partition coefficient (Wildman–Crippen LogP) is 2.01. The van der Waals surface area contributed by atoms with Crippen molar-refractivity contribution in [2.24, 2.45) is 23.3 Å². The Labute approximate surface area is 203 Å². The topological polar surface area (TPSA) is 184 Å². The molecule has 1 fully saturated rings. The van der Waals surface area contributed by atoms with Crippen LogP contribution in [0.15, 0.2) is 23.0 Å². The van der Waals surface area contributed by atoms with Gasteiger partial charge in [0, 0.05) is 30.0 Å². The van der Waals surface area contributed by atoms with E-state index >= 15 is 0 Å². The van der Waals surface area contributed by atoms with Crippen molar-refractivity contribution in [3.05, 3.63) is 45.2 Å². The molecule has 0 unspecified atom stereocenters. The number of aryl methyl sites for hydroxylation is 1. The second-order valence-corrected chi connectivity index (χ2v) is 9.82. The number of phenolic OH excluding ortho intramolecular Hbond substituents is 1. The maximum Gasteiger partial charge on any atom is 0.255 e. The molecule has 35 heavy (non-hydrogen) atoms. The quantitative estimate of drug-likeness (QED) is 0.251. The third-order valence-corrected chi connectivity index (χ3v) is 7.75. The number of carbonyl (C=O) groups excluding carboxylic acids is 3. The number of fused-ring (bicyclic) bond motifs is 3. The second-order valence-electron chi connectivity index (χ2n) is 9.82. The molecule has 3 aliphatic carbocycles. The molecule has 0 saturated heterocycles. The predicted molar refractivity (Wildman–Crippen MR) is 127 cm³/mol. The molecule has 3 atom stereocenters. The average Bonchev–Trinajstić information content (AvgIpc) is 2.80. The van der Waals surface area contributed by atoms with Crippen LogP contribution < -0.4 is 11.5 Å². The largest absolute Gasteiger partial charge is 0.508 e. The van der Waals surface area contributed by atoms with Crippen LogP contribution in [0.4, 0.5) is 0 Å². The summed E-state index contributed by atoms with van der Waals surface area (Å²) in [5.41, 5.74) is 9.77. The van der Waals surface area contributed by atoms with Crippen LogP contribution in [0.3, 0.4) is 0 Å². The highest BCUT2D eigenvalue weighted by Crippen LogP contribution is 2.52. The number of nitrogens with two attached hydrogens (primary N) is 2. The molecule has 1 saturated carbocycles. The molecule has 0 radical (unpaired) electrons.